The van der Waals surface area contributed by atoms with Crippen LogP contribution < -0.4 is 4.90 Å². The van der Waals surface area contributed by atoms with Crippen molar-refractivity contribution in [1.82, 2.24) is 4.57 Å². The summed E-state index contributed by atoms with van der Waals surface area (Å²) < 4.78 is 2.38. The SMILES string of the molecule is CCN(CC)c1ccc(-n2c3ccccc3c3cc(/C=C\c4ccccc4)ccc32)cc1. The molecular weight excluding hydrogens is 388 g/mol. The van der Waals surface area contributed by atoms with E-state index >= 15 is 0 Å². The van der Waals surface area contributed by atoms with E-state index in [1.807, 2.05) is 6.07 Å². The van der Waals surface area contributed by atoms with E-state index in [9.17, 15) is 0 Å². The Bertz CT molecular complexity index is 1370. The predicted octanol–water partition coefficient (Wildman–Crippen LogP) is 7.80. The number of nitrogens with zero attached hydrogens (tertiary/aromatic N) is 2. The van der Waals surface area contributed by atoms with Gasteiger partial charge in [-0.2, -0.15) is 0 Å². The van der Waals surface area contributed by atoms with Gasteiger partial charge in [0.25, 0.3) is 0 Å². The zero-order chi connectivity index (χ0) is 21.9. The van der Waals surface area contributed by atoms with Gasteiger partial charge in [-0.05, 0) is 67.4 Å². The first-order valence-electron chi connectivity index (χ1n) is 11.4. The van der Waals surface area contributed by atoms with Gasteiger partial charge in [-0.25, -0.2) is 0 Å². The van der Waals surface area contributed by atoms with Crippen LogP contribution in [0.4, 0.5) is 5.69 Å². The Morgan fingerprint density at radius 2 is 1.28 bits per heavy atom. The normalized spacial score (nSPS) is 11.6. The van der Waals surface area contributed by atoms with E-state index in [1.54, 1.807) is 0 Å². The fourth-order valence-corrected chi connectivity index (χ4v) is 4.53. The largest absolute Gasteiger partial charge is 0.372 e. The van der Waals surface area contributed by atoms with Gasteiger partial charge in [-0.15, -0.1) is 0 Å². The van der Waals surface area contributed by atoms with E-state index in [2.05, 4.69) is 126 Å². The number of hydrogen-bond donors (Lipinski definition) is 0. The molecule has 0 fully saturated rings. The van der Waals surface area contributed by atoms with Gasteiger partial charge in [0.1, 0.15) is 0 Å². The fraction of sp³-hybridized carbons (Fsp3) is 0.133. The minimum absolute atomic E-state index is 1.02. The highest BCUT2D eigenvalue weighted by Gasteiger charge is 2.12. The summed E-state index contributed by atoms with van der Waals surface area (Å²) >= 11 is 0. The molecule has 0 unspecified atom stereocenters. The van der Waals surface area contributed by atoms with E-state index in [-0.39, 0.29) is 0 Å². The minimum Gasteiger partial charge on any atom is -0.372 e. The molecule has 0 aliphatic carbocycles. The monoisotopic (exact) mass is 416 g/mol. The Hall–Kier alpha value is -3.78. The second-order valence-electron chi connectivity index (χ2n) is 8.06. The maximum Gasteiger partial charge on any atom is 0.0541 e. The molecule has 0 radical (unpaired) electrons. The van der Waals surface area contributed by atoms with Gasteiger partial charge in [0.15, 0.2) is 0 Å². The average Bonchev–Trinajstić information content (AvgIpc) is 3.18. The van der Waals surface area contributed by atoms with Crippen LogP contribution in [-0.4, -0.2) is 17.7 Å². The molecule has 0 saturated carbocycles. The highest BCUT2D eigenvalue weighted by molar-refractivity contribution is 6.10. The van der Waals surface area contributed by atoms with Crippen molar-refractivity contribution in [3.8, 4) is 5.69 Å². The fourth-order valence-electron chi connectivity index (χ4n) is 4.53. The second-order valence-corrected chi connectivity index (χ2v) is 8.06. The molecule has 0 aliphatic heterocycles. The molecule has 158 valence electrons. The molecule has 0 aliphatic rings. The molecule has 1 heterocycles. The number of benzene rings is 4. The summed E-state index contributed by atoms with van der Waals surface area (Å²) in [5.74, 6) is 0. The van der Waals surface area contributed by atoms with Crippen LogP contribution >= 0.6 is 0 Å². The van der Waals surface area contributed by atoms with Crippen molar-refractivity contribution in [3.05, 3.63) is 108 Å². The quantitative estimate of drug-likeness (QED) is 0.256. The number of para-hydroxylation sites is 1. The van der Waals surface area contributed by atoms with Crippen LogP contribution in [-0.2, 0) is 0 Å². The van der Waals surface area contributed by atoms with E-state index in [0.29, 0.717) is 0 Å². The molecule has 0 N–H and O–H groups in total. The van der Waals surface area contributed by atoms with Crippen LogP contribution in [0.25, 0.3) is 39.6 Å². The standard InChI is InChI=1S/C30H28N2/c1-3-31(4-2)25-17-19-26(20-18-25)32-29-13-9-8-12-27(29)28-22-24(16-21-30(28)32)15-14-23-10-6-5-7-11-23/h5-22H,3-4H2,1-2H3/b15-14-. The third-order valence-electron chi connectivity index (χ3n) is 6.20. The maximum absolute atomic E-state index is 2.38. The van der Waals surface area contributed by atoms with Gasteiger partial charge in [-0.1, -0.05) is 66.7 Å². The van der Waals surface area contributed by atoms with Gasteiger partial charge in [0, 0.05) is 35.2 Å². The molecule has 0 amide bonds. The van der Waals surface area contributed by atoms with E-state index in [4.69, 9.17) is 0 Å². The highest BCUT2D eigenvalue weighted by Crippen LogP contribution is 2.33. The molecule has 5 rings (SSSR count). The minimum atomic E-state index is 1.02. The first-order valence-corrected chi connectivity index (χ1v) is 11.4. The van der Waals surface area contributed by atoms with Gasteiger partial charge in [-0.3, -0.25) is 0 Å². The topological polar surface area (TPSA) is 8.17 Å². The first-order chi connectivity index (χ1) is 15.8. The van der Waals surface area contributed by atoms with Crippen molar-refractivity contribution >= 4 is 39.6 Å². The third-order valence-corrected chi connectivity index (χ3v) is 6.20. The summed E-state index contributed by atoms with van der Waals surface area (Å²) in [6, 6.07) is 34.8. The van der Waals surface area contributed by atoms with E-state index < -0.39 is 0 Å². The van der Waals surface area contributed by atoms with Crippen LogP contribution in [0.2, 0.25) is 0 Å². The van der Waals surface area contributed by atoms with Gasteiger partial charge >= 0.3 is 0 Å². The molecule has 2 nitrogen and oxygen atoms in total. The molecular formula is C30H28N2. The zero-order valence-corrected chi connectivity index (χ0v) is 18.7. The summed E-state index contributed by atoms with van der Waals surface area (Å²) in [4.78, 5) is 2.38. The lowest BCUT2D eigenvalue weighted by Crippen LogP contribution is -2.21. The lowest BCUT2D eigenvalue weighted by atomic mass is 10.1. The number of fused-ring (bicyclic) bond motifs is 3. The predicted molar refractivity (Wildman–Crippen MR) is 140 cm³/mol. The molecule has 0 atom stereocenters. The molecule has 0 spiro atoms. The summed E-state index contributed by atoms with van der Waals surface area (Å²) in [5, 5.41) is 2.56. The van der Waals surface area contributed by atoms with Crippen LogP contribution in [0.15, 0.2) is 97.1 Å². The van der Waals surface area contributed by atoms with Gasteiger partial charge < -0.3 is 9.47 Å². The Morgan fingerprint density at radius 1 is 0.625 bits per heavy atom. The summed E-state index contributed by atoms with van der Waals surface area (Å²) in [6.45, 7) is 6.44. The summed E-state index contributed by atoms with van der Waals surface area (Å²) in [6.07, 6.45) is 4.37. The Balaban J connectivity index is 1.61. The smallest absolute Gasteiger partial charge is 0.0541 e. The number of rotatable bonds is 6. The lowest BCUT2D eigenvalue weighted by Gasteiger charge is -2.21. The molecule has 2 heteroatoms. The molecule has 1 aromatic heterocycles. The zero-order valence-electron chi connectivity index (χ0n) is 18.7. The van der Waals surface area contributed by atoms with Crippen molar-refractivity contribution in [1.29, 1.82) is 0 Å². The third kappa shape index (κ3) is 3.69. The number of hydrogen-bond acceptors (Lipinski definition) is 1. The van der Waals surface area contributed by atoms with Crippen molar-refractivity contribution in [2.24, 2.45) is 0 Å². The van der Waals surface area contributed by atoms with Crippen molar-refractivity contribution in [2.45, 2.75) is 13.8 Å². The van der Waals surface area contributed by atoms with E-state index in [0.717, 1.165) is 13.1 Å². The molecule has 4 aromatic carbocycles. The average molecular weight is 417 g/mol. The molecule has 5 aromatic rings. The second kappa shape index (κ2) is 8.76. The Morgan fingerprint density at radius 3 is 2.03 bits per heavy atom. The summed E-state index contributed by atoms with van der Waals surface area (Å²) in [7, 11) is 0. The first kappa shape index (κ1) is 20.1. The highest BCUT2D eigenvalue weighted by atomic mass is 15.1. The van der Waals surface area contributed by atoms with Gasteiger partial charge in [0.2, 0.25) is 0 Å². The number of anilines is 1. The van der Waals surface area contributed by atoms with Crippen molar-refractivity contribution in [3.63, 3.8) is 0 Å². The lowest BCUT2D eigenvalue weighted by molar-refractivity contribution is 0.866. The van der Waals surface area contributed by atoms with E-state index in [1.165, 1.54) is 44.3 Å². The molecule has 0 bridgehead atoms. The Kier molecular flexibility index (Phi) is 5.51. The molecule has 32 heavy (non-hydrogen) atoms. The van der Waals surface area contributed by atoms with Crippen LogP contribution in [0.5, 0.6) is 0 Å². The number of aromatic nitrogens is 1. The molecule has 0 saturated heterocycles. The summed E-state index contributed by atoms with van der Waals surface area (Å²) in [5.41, 5.74) is 7.36. The van der Waals surface area contributed by atoms with Gasteiger partial charge in [0.05, 0.1) is 11.0 Å². The van der Waals surface area contributed by atoms with Crippen LogP contribution in [0, 0.1) is 0 Å². The van der Waals surface area contributed by atoms with Crippen LogP contribution in [0.1, 0.15) is 25.0 Å². The van der Waals surface area contributed by atoms with Crippen LogP contribution in [0.3, 0.4) is 0 Å². The van der Waals surface area contributed by atoms with Crippen molar-refractivity contribution < 1.29 is 0 Å². The van der Waals surface area contributed by atoms with Crippen molar-refractivity contribution in [2.75, 3.05) is 18.0 Å². The maximum atomic E-state index is 2.38. The Labute approximate surface area is 190 Å².